The van der Waals surface area contributed by atoms with Crippen molar-refractivity contribution in [2.75, 3.05) is 16.8 Å². The zero-order valence-corrected chi connectivity index (χ0v) is 15.3. The number of halogens is 3. The van der Waals surface area contributed by atoms with Gasteiger partial charge in [-0.3, -0.25) is 19.4 Å². The SMILES string of the molecule is O=C(CN1N=N[C@@H]2C(=O)N(c3ccc(Cl)cc3)C(=O)[C@H]21)Nc1ccc(F)cc1F. The Morgan fingerprint density at radius 1 is 1.10 bits per heavy atom. The molecule has 0 spiro atoms. The zero-order chi connectivity index (χ0) is 20.7. The topological polar surface area (TPSA) is 94.4 Å². The van der Waals surface area contributed by atoms with Crippen LogP contribution in [0.2, 0.25) is 5.02 Å². The van der Waals surface area contributed by atoms with Crippen molar-refractivity contribution >= 4 is 40.7 Å². The zero-order valence-electron chi connectivity index (χ0n) is 14.6. The fourth-order valence-corrected chi connectivity index (χ4v) is 3.25. The molecule has 1 fully saturated rings. The lowest BCUT2D eigenvalue weighted by Gasteiger charge is -2.20. The van der Waals surface area contributed by atoms with Gasteiger partial charge in [0.1, 0.15) is 18.2 Å². The fourth-order valence-electron chi connectivity index (χ4n) is 3.13. The molecule has 148 valence electrons. The normalized spacial score (nSPS) is 20.4. The van der Waals surface area contributed by atoms with Crippen LogP contribution in [0.4, 0.5) is 20.2 Å². The Kier molecular flexibility index (Phi) is 4.71. The number of benzene rings is 2. The first-order chi connectivity index (χ1) is 13.8. The van der Waals surface area contributed by atoms with E-state index in [2.05, 4.69) is 15.7 Å². The molecule has 2 heterocycles. The first-order valence-electron chi connectivity index (χ1n) is 8.41. The molecule has 11 heteroatoms. The predicted octanol–water partition coefficient (Wildman–Crippen LogP) is 2.55. The van der Waals surface area contributed by atoms with E-state index in [4.69, 9.17) is 11.6 Å². The van der Waals surface area contributed by atoms with Crippen LogP contribution in [0.3, 0.4) is 0 Å². The summed E-state index contributed by atoms with van der Waals surface area (Å²) in [6, 6.07) is 6.65. The summed E-state index contributed by atoms with van der Waals surface area (Å²) >= 11 is 5.83. The van der Waals surface area contributed by atoms with E-state index in [1.54, 1.807) is 0 Å². The van der Waals surface area contributed by atoms with Crippen LogP contribution >= 0.6 is 11.6 Å². The summed E-state index contributed by atoms with van der Waals surface area (Å²) in [4.78, 5) is 38.6. The number of carbonyl (C=O) groups is 3. The molecule has 4 rings (SSSR count). The molecule has 2 aliphatic rings. The second-order valence-corrected chi connectivity index (χ2v) is 6.79. The summed E-state index contributed by atoms with van der Waals surface area (Å²) in [6.45, 7) is -0.449. The number of carbonyl (C=O) groups excluding carboxylic acids is 3. The van der Waals surface area contributed by atoms with Crippen LogP contribution < -0.4 is 10.2 Å². The number of imide groups is 1. The first kappa shape index (κ1) is 18.9. The minimum absolute atomic E-state index is 0.222. The van der Waals surface area contributed by atoms with Crippen molar-refractivity contribution in [3.63, 3.8) is 0 Å². The number of amides is 3. The molecule has 0 bridgehead atoms. The van der Waals surface area contributed by atoms with Gasteiger partial charge < -0.3 is 5.32 Å². The Labute approximate surface area is 167 Å². The molecular weight excluding hydrogens is 408 g/mol. The lowest BCUT2D eigenvalue weighted by atomic mass is 10.1. The lowest BCUT2D eigenvalue weighted by molar-refractivity contribution is -0.123. The minimum Gasteiger partial charge on any atom is -0.322 e. The number of hydrogen-bond donors (Lipinski definition) is 1. The summed E-state index contributed by atoms with van der Waals surface area (Å²) in [6.07, 6.45) is 0. The van der Waals surface area contributed by atoms with Crippen molar-refractivity contribution in [2.24, 2.45) is 10.3 Å². The molecule has 1 N–H and O–H groups in total. The maximum absolute atomic E-state index is 13.7. The van der Waals surface area contributed by atoms with E-state index in [9.17, 15) is 23.2 Å². The standard InChI is InChI=1S/C18H12ClF2N5O3/c19-9-1-4-11(5-2-9)26-17(28)15-16(18(26)29)25(24-23-15)8-14(27)22-13-6-3-10(20)7-12(13)21/h1-7,15-16H,8H2,(H,22,27)/t15-,16-/m0/s1. The highest BCUT2D eigenvalue weighted by Crippen LogP contribution is 2.32. The molecule has 0 saturated carbocycles. The number of anilines is 2. The minimum atomic E-state index is -1.08. The van der Waals surface area contributed by atoms with E-state index in [1.807, 2.05) is 0 Å². The number of rotatable bonds is 4. The third-order valence-corrected chi connectivity index (χ3v) is 4.71. The summed E-state index contributed by atoms with van der Waals surface area (Å²) in [5, 5.41) is 11.3. The van der Waals surface area contributed by atoms with Gasteiger partial charge in [-0.15, -0.1) is 0 Å². The Morgan fingerprint density at radius 3 is 2.52 bits per heavy atom. The molecular formula is C18H12ClF2N5O3. The quantitative estimate of drug-likeness (QED) is 0.770. The monoisotopic (exact) mass is 419 g/mol. The Morgan fingerprint density at radius 2 is 1.83 bits per heavy atom. The molecule has 0 aromatic heterocycles. The molecule has 2 aromatic carbocycles. The van der Waals surface area contributed by atoms with Gasteiger partial charge in [0.15, 0.2) is 12.1 Å². The number of nitrogens with zero attached hydrogens (tertiary/aromatic N) is 4. The maximum atomic E-state index is 13.7. The number of hydrogen-bond acceptors (Lipinski definition) is 6. The summed E-state index contributed by atoms with van der Waals surface area (Å²) < 4.78 is 26.7. The molecule has 2 atom stereocenters. The van der Waals surface area contributed by atoms with Crippen LogP contribution in [0.1, 0.15) is 0 Å². The molecule has 2 aromatic rings. The van der Waals surface area contributed by atoms with Crippen LogP contribution in [-0.2, 0) is 14.4 Å². The van der Waals surface area contributed by atoms with Crippen LogP contribution in [0, 0.1) is 11.6 Å². The van der Waals surface area contributed by atoms with Crippen molar-refractivity contribution in [3.05, 3.63) is 59.1 Å². The van der Waals surface area contributed by atoms with E-state index < -0.39 is 48.0 Å². The highest BCUT2D eigenvalue weighted by atomic mass is 35.5. The Bertz CT molecular complexity index is 1050. The molecule has 0 aliphatic carbocycles. The van der Waals surface area contributed by atoms with Gasteiger partial charge in [-0.25, -0.2) is 13.7 Å². The maximum Gasteiger partial charge on any atom is 0.263 e. The molecule has 1 saturated heterocycles. The van der Waals surface area contributed by atoms with Gasteiger partial charge >= 0.3 is 0 Å². The molecule has 0 radical (unpaired) electrons. The van der Waals surface area contributed by atoms with Gasteiger partial charge in [-0.1, -0.05) is 16.8 Å². The highest BCUT2D eigenvalue weighted by Gasteiger charge is 2.55. The van der Waals surface area contributed by atoms with E-state index in [-0.39, 0.29) is 5.69 Å². The smallest absolute Gasteiger partial charge is 0.263 e. The largest absolute Gasteiger partial charge is 0.322 e. The van der Waals surface area contributed by atoms with Crippen molar-refractivity contribution in [1.29, 1.82) is 0 Å². The van der Waals surface area contributed by atoms with Crippen molar-refractivity contribution < 1.29 is 23.2 Å². The van der Waals surface area contributed by atoms with E-state index in [1.165, 1.54) is 24.3 Å². The van der Waals surface area contributed by atoms with Gasteiger partial charge in [0.05, 0.1) is 11.4 Å². The Balaban J connectivity index is 1.49. The number of nitrogens with one attached hydrogen (secondary N) is 1. The molecule has 8 nitrogen and oxygen atoms in total. The average molecular weight is 420 g/mol. The van der Waals surface area contributed by atoms with E-state index in [0.29, 0.717) is 16.8 Å². The van der Waals surface area contributed by atoms with Gasteiger partial charge in [-0.05, 0) is 36.4 Å². The van der Waals surface area contributed by atoms with Crippen LogP contribution in [0.25, 0.3) is 0 Å². The van der Waals surface area contributed by atoms with Crippen LogP contribution in [0.15, 0.2) is 52.8 Å². The second-order valence-electron chi connectivity index (χ2n) is 6.35. The van der Waals surface area contributed by atoms with E-state index >= 15 is 0 Å². The summed E-state index contributed by atoms with van der Waals surface area (Å²) in [5.74, 6) is -3.60. The second kappa shape index (κ2) is 7.21. The van der Waals surface area contributed by atoms with Crippen molar-refractivity contribution in [2.45, 2.75) is 12.1 Å². The lowest BCUT2D eigenvalue weighted by Crippen LogP contribution is -2.43. The highest BCUT2D eigenvalue weighted by molar-refractivity contribution is 6.31. The average Bonchev–Trinajstić information content (AvgIpc) is 3.19. The van der Waals surface area contributed by atoms with Gasteiger partial charge in [-0.2, -0.15) is 5.11 Å². The number of fused-ring (bicyclic) bond motifs is 1. The van der Waals surface area contributed by atoms with Gasteiger partial charge in [0.25, 0.3) is 11.8 Å². The molecule has 3 amide bonds. The van der Waals surface area contributed by atoms with E-state index in [0.717, 1.165) is 22.0 Å². The molecule has 2 aliphatic heterocycles. The van der Waals surface area contributed by atoms with Crippen molar-refractivity contribution in [3.8, 4) is 0 Å². The molecule has 0 unspecified atom stereocenters. The summed E-state index contributed by atoms with van der Waals surface area (Å²) in [7, 11) is 0. The third-order valence-electron chi connectivity index (χ3n) is 4.45. The predicted molar refractivity (Wildman–Crippen MR) is 98.1 cm³/mol. The van der Waals surface area contributed by atoms with Crippen molar-refractivity contribution in [1.82, 2.24) is 5.01 Å². The molecule has 29 heavy (non-hydrogen) atoms. The van der Waals surface area contributed by atoms with Crippen LogP contribution in [-0.4, -0.2) is 41.4 Å². The summed E-state index contributed by atoms with van der Waals surface area (Å²) in [5.41, 5.74) is 0.104. The Hall–Kier alpha value is -3.40. The van der Waals surface area contributed by atoms with Gasteiger partial charge in [0, 0.05) is 11.1 Å². The van der Waals surface area contributed by atoms with Gasteiger partial charge in [0.2, 0.25) is 5.91 Å². The third kappa shape index (κ3) is 3.42. The fraction of sp³-hybridized carbons (Fsp3) is 0.167. The van der Waals surface area contributed by atoms with Crippen LogP contribution in [0.5, 0.6) is 0 Å². The first-order valence-corrected chi connectivity index (χ1v) is 8.78.